The SMILES string of the molecule is CC(NCCN(C)C(=O)OC(C)(C)C)c1ccc(C#N)cc1. The zero-order valence-electron chi connectivity index (χ0n) is 14.0. The summed E-state index contributed by atoms with van der Waals surface area (Å²) in [6.07, 6.45) is -0.319. The first-order valence-electron chi connectivity index (χ1n) is 7.40. The molecule has 0 aliphatic rings. The minimum atomic E-state index is -0.478. The maximum absolute atomic E-state index is 11.8. The van der Waals surface area contributed by atoms with Crippen LogP contribution in [0.15, 0.2) is 24.3 Å². The monoisotopic (exact) mass is 303 g/mol. The number of nitriles is 1. The molecule has 0 bridgehead atoms. The standard InChI is InChI=1S/C17H25N3O2/c1-13(15-8-6-14(12-18)7-9-15)19-10-11-20(5)16(21)22-17(2,3)4/h6-9,13,19H,10-11H2,1-5H3. The number of benzene rings is 1. The van der Waals surface area contributed by atoms with Crippen molar-refractivity contribution in [1.82, 2.24) is 10.2 Å². The van der Waals surface area contributed by atoms with Gasteiger partial charge in [-0.3, -0.25) is 0 Å². The van der Waals surface area contributed by atoms with Gasteiger partial charge in [-0.2, -0.15) is 5.26 Å². The van der Waals surface area contributed by atoms with E-state index in [1.165, 1.54) is 0 Å². The Hall–Kier alpha value is -2.06. The number of likely N-dealkylation sites (N-methyl/N-ethyl adjacent to an activating group) is 1. The minimum absolute atomic E-state index is 0.153. The summed E-state index contributed by atoms with van der Waals surface area (Å²) >= 11 is 0. The van der Waals surface area contributed by atoms with Gasteiger partial charge >= 0.3 is 6.09 Å². The molecule has 1 N–H and O–H groups in total. The summed E-state index contributed by atoms with van der Waals surface area (Å²) in [7, 11) is 1.72. The minimum Gasteiger partial charge on any atom is -0.444 e. The van der Waals surface area contributed by atoms with Crippen molar-refractivity contribution in [1.29, 1.82) is 5.26 Å². The summed E-state index contributed by atoms with van der Waals surface area (Å²) in [5.41, 5.74) is 1.29. The number of hydrogen-bond donors (Lipinski definition) is 1. The lowest BCUT2D eigenvalue weighted by Gasteiger charge is -2.25. The molecule has 22 heavy (non-hydrogen) atoms. The zero-order chi connectivity index (χ0) is 16.8. The predicted molar refractivity (Wildman–Crippen MR) is 86.4 cm³/mol. The molecule has 0 aliphatic carbocycles. The lowest BCUT2D eigenvalue weighted by atomic mass is 10.1. The van der Waals surface area contributed by atoms with Crippen molar-refractivity contribution in [2.75, 3.05) is 20.1 Å². The Morgan fingerprint density at radius 2 is 1.95 bits per heavy atom. The fourth-order valence-electron chi connectivity index (χ4n) is 1.84. The fraction of sp³-hybridized carbons (Fsp3) is 0.529. The van der Waals surface area contributed by atoms with Gasteiger partial charge in [-0.25, -0.2) is 4.79 Å². The summed E-state index contributed by atoms with van der Waals surface area (Å²) in [5.74, 6) is 0. The number of ether oxygens (including phenoxy) is 1. The molecule has 0 spiro atoms. The van der Waals surface area contributed by atoms with Crippen molar-refractivity contribution in [3.63, 3.8) is 0 Å². The maximum atomic E-state index is 11.8. The van der Waals surface area contributed by atoms with Gasteiger partial charge in [-0.15, -0.1) is 0 Å². The van der Waals surface area contributed by atoms with Gasteiger partial charge in [0.25, 0.3) is 0 Å². The average molecular weight is 303 g/mol. The van der Waals surface area contributed by atoms with Crippen LogP contribution in [0.5, 0.6) is 0 Å². The quantitative estimate of drug-likeness (QED) is 0.908. The number of amides is 1. The van der Waals surface area contributed by atoms with Gasteiger partial charge in [-0.05, 0) is 45.4 Å². The number of nitrogens with zero attached hydrogens (tertiary/aromatic N) is 2. The van der Waals surface area contributed by atoms with Gasteiger partial charge in [-0.1, -0.05) is 12.1 Å². The highest BCUT2D eigenvalue weighted by atomic mass is 16.6. The second-order valence-corrected chi connectivity index (χ2v) is 6.31. The highest BCUT2D eigenvalue weighted by molar-refractivity contribution is 5.67. The van der Waals surface area contributed by atoms with Crippen LogP contribution in [0, 0.1) is 11.3 Å². The third kappa shape index (κ3) is 6.15. The van der Waals surface area contributed by atoms with Crippen LogP contribution in [0.2, 0.25) is 0 Å². The van der Waals surface area contributed by atoms with Gasteiger partial charge < -0.3 is 15.0 Å². The van der Waals surface area contributed by atoms with Gasteiger partial charge in [0.05, 0.1) is 11.6 Å². The van der Waals surface area contributed by atoms with Crippen molar-refractivity contribution < 1.29 is 9.53 Å². The molecule has 5 heteroatoms. The molecule has 120 valence electrons. The van der Waals surface area contributed by atoms with E-state index in [0.717, 1.165) is 5.56 Å². The second-order valence-electron chi connectivity index (χ2n) is 6.31. The van der Waals surface area contributed by atoms with E-state index < -0.39 is 5.60 Å². The first-order valence-corrected chi connectivity index (χ1v) is 7.40. The first-order chi connectivity index (χ1) is 10.2. The van der Waals surface area contributed by atoms with Crippen molar-refractivity contribution in [3.8, 4) is 6.07 Å². The number of rotatable bonds is 5. The second kappa shape index (κ2) is 7.81. The van der Waals surface area contributed by atoms with Crippen LogP contribution in [0.4, 0.5) is 4.79 Å². The van der Waals surface area contributed by atoms with E-state index in [9.17, 15) is 4.79 Å². The number of carbonyl (C=O) groups is 1. The smallest absolute Gasteiger partial charge is 0.410 e. The third-order valence-corrected chi connectivity index (χ3v) is 3.14. The molecule has 0 fully saturated rings. The van der Waals surface area contributed by atoms with E-state index in [0.29, 0.717) is 18.7 Å². The third-order valence-electron chi connectivity index (χ3n) is 3.14. The topological polar surface area (TPSA) is 65.4 Å². The molecule has 0 aliphatic heterocycles. The summed E-state index contributed by atoms with van der Waals surface area (Å²) in [6, 6.07) is 9.74. The molecule has 1 rings (SSSR count). The lowest BCUT2D eigenvalue weighted by molar-refractivity contribution is 0.0299. The van der Waals surface area contributed by atoms with E-state index in [2.05, 4.69) is 18.3 Å². The first kappa shape index (κ1) is 18.0. The van der Waals surface area contributed by atoms with Crippen LogP contribution >= 0.6 is 0 Å². The summed E-state index contributed by atoms with van der Waals surface area (Å²) in [6.45, 7) is 8.83. The van der Waals surface area contributed by atoms with Gasteiger partial charge in [0.2, 0.25) is 0 Å². The van der Waals surface area contributed by atoms with E-state index in [-0.39, 0.29) is 12.1 Å². The molecule has 1 aromatic rings. The summed E-state index contributed by atoms with van der Waals surface area (Å²) in [5, 5.41) is 12.1. The van der Waals surface area contributed by atoms with Crippen molar-refractivity contribution >= 4 is 6.09 Å². The molecule has 0 saturated carbocycles. The highest BCUT2D eigenvalue weighted by Crippen LogP contribution is 2.13. The van der Waals surface area contributed by atoms with Crippen molar-refractivity contribution in [2.24, 2.45) is 0 Å². The maximum Gasteiger partial charge on any atom is 0.410 e. The Morgan fingerprint density at radius 1 is 1.36 bits per heavy atom. The zero-order valence-corrected chi connectivity index (χ0v) is 14.0. The van der Waals surface area contributed by atoms with Crippen molar-refractivity contribution in [2.45, 2.75) is 39.3 Å². The van der Waals surface area contributed by atoms with Gasteiger partial charge in [0.15, 0.2) is 0 Å². The van der Waals surface area contributed by atoms with Crippen LogP contribution < -0.4 is 5.32 Å². The molecule has 0 heterocycles. The molecular formula is C17H25N3O2. The largest absolute Gasteiger partial charge is 0.444 e. The van der Waals surface area contributed by atoms with E-state index in [1.807, 2.05) is 32.9 Å². The predicted octanol–water partition coefficient (Wildman–Crippen LogP) is 3.08. The Bertz CT molecular complexity index is 526. The molecule has 1 amide bonds. The molecular weight excluding hydrogens is 278 g/mol. The Labute approximate surface area is 132 Å². The van der Waals surface area contributed by atoms with Crippen LogP contribution in [0.25, 0.3) is 0 Å². The summed E-state index contributed by atoms with van der Waals surface area (Å²) in [4.78, 5) is 13.4. The number of hydrogen-bond acceptors (Lipinski definition) is 4. The van der Waals surface area contributed by atoms with Crippen LogP contribution in [0.1, 0.15) is 44.9 Å². The summed E-state index contributed by atoms with van der Waals surface area (Å²) < 4.78 is 5.30. The molecule has 1 atom stereocenters. The molecule has 0 saturated heterocycles. The molecule has 1 unspecified atom stereocenters. The molecule has 0 radical (unpaired) electrons. The Balaban J connectivity index is 2.39. The van der Waals surface area contributed by atoms with Crippen LogP contribution in [-0.4, -0.2) is 36.7 Å². The number of nitrogens with one attached hydrogen (secondary N) is 1. The van der Waals surface area contributed by atoms with Crippen molar-refractivity contribution in [3.05, 3.63) is 35.4 Å². The number of carbonyl (C=O) groups excluding carboxylic acids is 1. The molecule has 5 nitrogen and oxygen atoms in total. The van der Waals surface area contributed by atoms with Crippen LogP contribution in [-0.2, 0) is 4.74 Å². The fourth-order valence-corrected chi connectivity index (χ4v) is 1.84. The normalized spacial score (nSPS) is 12.4. The Kier molecular flexibility index (Phi) is 6.39. The highest BCUT2D eigenvalue weighted by Gasteiger charge is 2.19. The van der Waals surface area contributed by atoms with Crippen LogP contribution in [0.3, 0.4) is 0 Å². The van der Waals surface area contributed by atoms with E-state index in [1.54, 1.807) is 24.1 Å². The molecule has 0 aromatic heterocycles. The molecule has 1 aromatic carbocycles. The van der Waals surface area contributed by atoms with Gasteiger partial charge in [0, 0.05) is 26.2 Å². The van der Waals surface area contributed by atoms with E-state index >= 15 is 0 Å². The lowest BCUT2D eigenvalue weighted by Crippen LogP contribution is -2.38. The average Bonchev–Trinajstić information content (AvgIpc) is 2.45. The van der Waals surface area contributed by atoms with Gasteiger partial charge in [0.1, 0.15) is 5.60 Å². The Morgan fingerprint density at radius 3 is 2.45 bits per heavy atom. The van der Waals surface area contributed by atoms with E-state index in [4.69, 9.17) is 10.00 Å².